The fourth-order valence-electron chi connectivity index (χ4n) is 1.11. The zero-order chi connectivity index (χ0) is 9.14. The summed E-state index contributed by atoms with van der Waals surface area (Å²) < 4.78 is 12.9. The Hall–Kier alpha value is -0.930. The zero-order valence-corrected chi connectivity index (χ0v) is 6.92. The first-order valence-corrected chi connectivity index (χ1v) is 3.80. The van der Waals surface area contributed by atoms with Crippen molar-refractivity contribution in [2.24, 2.45) is 5.73 Å². The molecular formula is C9H12FNO. The van der Waals surface area contributed by atoms with Crippen LogP contribution >= 0.6 is 0 Å². The first kappa shape index (κ1) is 9.16. The van der Waals surface area contributed by atoms with E-state index in [2.05, 4.69) is 0 Å². The van der Waals surface area contributed by atoms with E-state index in [0.29, 0.717) is 11.1 Å². The molecule has 0 spiro atoms. The van der Waals surface area contributed by atoms with Crippen LogP contribution in [-0.2, 0) is 0 Å². The Morgan fingerprint density at radius 3 is 2.83 bits per heavy atom. The number of aliphatic hydroxyl groups is 1. The summed E-state index contributed by atoms with van der Waals surface area (Å²) in [5.41, 5.74) is 6.29. The first-order valence-electron chi connectivity index (χ1n) is 3.80. The van der Waals surface area contributed by atoms with Gasteiger partial charge in [0.05, 0.1) is 6.10 Å². The molecule has 1 rings (SSSR count). The molecule has 1 aromatic carbocycles. The number of aliphatic hydroxyl groups excluding tert-OH is 1. The van der Waals surface area contributed by atoms with E-state index in [9.17, 15) is 9.50 Å². The summed E-state index contributed by atoms with van der Waals surface area (Å²) in [6.45, 7) is 1.74. The predicted octanol–water partition coefficient (Wildman–Crippen LogP) is 1.13. The van der Waals surface area contributed by atoms with Crippen LogP contribution in [0, 0.1) is 12.7 Å². The maximum absolute atomic E-state index is 12.9. The Morgan fingerprint density at radius 2 is 2.25 bits per heavy atom. The van der Waals surface area contributed by atoms with Crippen LogP contribution in [0.4, 0.5) is 4.39 Å². The second-order valence-corrected chi connectivity index (χ2v) is 2.71. The molecule has 0 saturated carbocycles. The van der Waals surface area contributed by atoms with Gasteiger partial charge >= 0.3 is 0 Å². The number of hydrogen-bond donors (Lipinski definition) is 2. The predicted molar refractivity (Wildman–Crippen MR) is 45.2 cm³/mol. The number of hydrogen-bond acceptors (Lipinski definition) is 2. The SMILES string of the molecule is Cc1c(F)cccc1C(O)CN. The number of nitrogens with two attached hydrogens (primary N) is 1. The first-order chi connectivity index (χ1) is 5.66. The summed E-state index contributed by atoms with van der Waals surface area (Å²) in [5.74, 6) is -0.306. The normalized spacial score (nSPS) is 13.0. The van der Waals surface area contributed by atoms with Gasteiger partial charge in [0.25, 0.3) is 0 Å². The molecule has 0 aromatic heterocycles. The van der Waals surface area contributed by atoms with Gasteiger partial charge in [0.1, 0.15) is 5.82 Å². The Morgan fingerprint density at radius 1 is 1.58 bits per heavy atom. The Kier molecular flexibility index (Phi) is 2.78. The average molecular weight is 169 g/mol. The van der Waals surface area contributed by atoms with E-state index in [1.165, 1.54) is 6.07 Å². The van der Waals surface area contributed by atoms with E-state index in [1.807, 2.05) is 0 Å². The second-order valence-electron chi connectivity index (χ2n) is 2.71. The maximum Gasteiger partial charge on any atom is 0.126 e. The van der Waals surface area contributed by atoms with Gasteiger partial charge < -0.3 is 10.8 Å². The maximum atomic E-state index is 12.9. The van der Waals surface area contributed by atoms with E-state index < -0.39 is 6.10 Å². The van der Waals surface area contributed by atoms with Gasteiger partial charge in [0.2, 0.25) is 0 Å². The van der Waals surface area contributed by atoms with Crippen molar-refractivity contribution < 1.29 is 9.50 Å². The third kappa shape index (κ3) is 1.62. The largest absolute Gasteiger partial charge is 0.387 e. The molecule has 0 amide bonds. The van der Waals surface area contributed by atoms with Crippen molar-refractivity contribution in [1.82, 2.24) is 0 Å². The van der Waals surface area contributed by atoms with Gasteiger partial charge in [0.15, 0.2) is 0 Å². The Labute approximate surface area is 70.8 Å². The average Bonchev–Trinajstić information content (AvgIpc) is 2.08. The van der Waals surface area contributed by atoms with Crippen LogP contribution in [0.2, 0.25) is 0 Å². The van der Waals surface area contributed by atoms with Crippen LogP contribution < -0.4 is 5.73 Å². The van der Waals surface area contributed by atoms with E-state index in [-0.39, 0.29) is 12.4 Å². The molecule has 1 aromatic rings. The molecular weight excluding hydrogens is 157 g/mol. The van der Waals surface area contributed by atoms with Crippen molar-refractivity contribution >= 4 is 0 Å². The van der Waals surface area contributed by atoms with Gasteiger partial charge in [-0.15, -0.1) is 0 Å². The van der Waals surface area contributed by atoms with Crippen molar-refractivity contribution in [2.45, 2.75) is 13.0 Å². The third-order valence-corrected chi connectivity index (χ3v) is 1.89. The zero-order valence-electron chi connectivity index (χ0n) is 6.92. The number of halogens is 1. The van der Waals surface area contributed by atoms with E-state index in [4.69, 9.17) is 5.73 Å². The quantitative estimate of drug-likeness (QED) is 0.697. The minimum Gasteiger partial charge on any atom is -0.387 e. The highest BCUT2D eigenvalue weighted by Crippen LogP contribution is 2.18. The topological polar surface area (TPSA) is 46.2 Å². The van der Waals surface area contributed by atoms with Gasteiger partial charge in [-0.25, -0.2) is 4.39 Å². The third-order valence-electron chi connectivity index (χ3n) is 1.89. The Balaban J connectivity index is 3.07. The van der Waals surface area contributed by atoms with Gasteiger partial charge in [-0.2, -0.15) is 0 Å². The fourth-order valence-corrected chi connectivity index (χ4v) is 1.11. The molecule has 0 bridgehead atoms. The van der Waals surface area contributed by atoms with Gasteiger partial charge in [0, 0.05) is 6.54 Å². The van der Waals surface area contributed by atoms with Gasteiger partial charge in [-0.3, -0.25) is 0 Å². The molecule has 66 valence electrons. The van der Waals surface area contributed by atoms with Crippen LogP contribution in [0.3, 0.4) is 0 Å². The van der Waals surface area contributed by atoms with Gasteiger partial charge in [-0.1, -0.05) is 12.1 Å². The minimum atomic E-state index is -0.763. The molecule has 2 nitrogen and oxygen atoms in total. The number of rotatable bonds is 2. The summed E-state index contributed by atoms with van der Waals surface area (Å²) in [7, 11) is 0. The summed E-state index contributed by atoms with van der Waals surface area (Å²) in [4.78, 5) is 0. The van der Waals surface area contributed by atoms with Crippen molar-refractivity contribution in [3.05, 3.63) is 35.1 Å². The van der Waals surface area contributed by atoms with Crippen LogP contribution in [0.25, 0.3) is 0 Å². The second kappa shape index (κ2) is 3.65. The van der Waals surface area contributed by atoms with Crippen molar-refractivity contribution in [2.75, 3.05) is 6.54 Å². The van der Waals surface area contributed by atoms with E-state index in [1.54, 1.807) is 19.1 Å². The smallest absolute Gasteiger partial charge is 0.126 e. The molecule has 0 heterocycles. The monoisotopic (exact) mass is 169 g/mol. The molecule has 0 aliphatic heterocycles. The highest BCUT2D eigenvalue weighted by Gasteiger charge is 2.10. The minimum absolute atomic E-state index is 0.115. The van der Waals surface area contributed by atoms with Crippen LogP contribution in [0.15, 0.2) is 18.2 Å². The van der Waals surface area contributed by atoms with Crippen LogP contribution in [0.1, 0.15) is 17.2 Å². The lowest BCUT2D eigenvalue weighted by atomic mass is 10.0. The summed E-state index contributed by atoms with van der Waals surface area (Å²) in [5, 5.41) is 9.34. The molecule has 12 heavy (non-hydrogen) atoms. The lowest BCUT2D eigenvalue weighted by Gasteiger charge is -2.11. The van der Waals surface area contributed by atoms with Crippen molar-refractivity contribution in [3.8, 4) is 0 Å². The standard InChI is InChI=1S/C9H12FNO/c1-6-7(9(12)5-11)3-2-4-8(6)10/h2-4,9,12H,5,11H2,1H3. The van der Waals surface area contributed by atoms with Gasteiger partial charge in [-0.05, 0) is 24.1 Å². The Bertz CT molecular complexity index is 275. The molecule has 1 atom stereocenters. The van der Waals surface area contributed by atoms with E-state index >= 15 is 0 Å². The summed E-state index contributed by atoms with van der Waals surface area (Å²) >= 11 is 0. The number of benzene rings is 1. The molecule has 0 saturated heterocycles. The molecule has 0 radical (unpaired) electrons. The van der Waals surface area contributed by atoms with Crippen LogP contribution in [-0.4, -0.2) is 11.7 Å². The van der Waals surface area contributed by atoms with Crippen molar-refractivity contribution in [3.63, 3.8) is 0 Å². The summed E-state index contributed by atoms with van der Waals surface area (Å²) in [6.07, 6.45) is -0.763. The lowest BCUT2D eigenvalue weighted by Crippen LogP contribution is -2.13. The van der Waals surface area contributed by atoms with E-state index in [0.717, 1.165) is 0 Å². The molecule has 0 fully saturated rings. The molecule has 1 unspecified atom stereocenters. The molecule has 0 aliphatic rings. The lowest BCUT2D eigenvalue weighted by molar-refractivity contribution is 0.185. The van der Waals surface area contributed by atoms with Crippen molar-refractivity contribution in [1.29, 1.82) is 0 Å². The summed E-state index contributed by atoms with van der Waals surface area (Å²) in [6, 6.07) is 4.61. The molecule has 3 N–H and O–H groups in total. The molecule has 3 heteroatoms. The fraction of sp³-hybridized carbons (Fsp3) is 0.333. The highest BCUT2D eigenvalue weighted by molar-refractivity contribution is 5.29. The molecule has 0 aliphatic carbocycles. The highest BCUT2D eigenvalue weighted by atomic mass is 19.1. The van der Waals surface area contributed by atoms with Crippen LogP contribution in [0.5, 0.6) is 0 Å².